The maximum absolute atomic E-state index is 11.2. The van der Waals surface area contributed by atoms with Gasteiger partial charge in [0.1, 0.15) is 12.4 Å². The standard InChI is InChI=1S/C12H20N2O3/c13-6-1-5-12(15)14-7-3-8-16-10-11-4-2-9-17-11/h2,4,9H,1,3,5-8,10,13H2,(H,14,15). The van der Waals surface area contributed by atoms with E-state index < -0.39 is 0 Å². The maximum atomic E-state index is 11.2. The molecule has 1 aromatic heterocycles. The van der Waals surface area contributed by atoms with Crippen LogP contribution >= 0.6 is 0 Å². The molecule has 1 rings (SSSR count). The number of ether oxygens (including phenoxy) is 1. The number of hydrogen-bond acceptors (Lipinski definition) is 4. The molecule has 0 radical (unpaired) electrons. The Hall–Kier alpha value is -1.33. The molecule has 0 aliphatic carbocycles. The van der Waals surface area contributed by atoms with Gasteiger partial charge in [-0.1, -0.05) is 0 Å². The molecule has 0 saturated carbocycles. The van der Waals surface area contributed by atoms with E-state index in [4.69, 9.17) is 14.9 Å². The van der Waals surface area contributed by atoms with Crippen LogP contribution in [0, 0.1) is 0 Å². The van der Waals surface area contributed by atoms with Crippen LogP contribution in [0.1, 0.15) is 25.0 Å². The zero-order valence-corrected chi connectivity index (χ0v) is 9.98. The van der Waals surface area contributed by atoms with Gasteiger partial charge in [0.25, 0.3) is 0 Å². The predicted octanol–water partition coefficient (Wildman–Crippen LogP) is 1.04. The SMILES string of the molecule is NCCCC(=O)NCCCOCc1ccco1. The van der Waals surface area contributed by atoms with Crippen LogP contribution in [-0.4, -0.2) is 25.6 Å². The first-order chi connectivity index (χ1) is 8.33. The number of nitrogens with one attached hydrogen (secondary N) is 1. The van der Waals surface area contributed by atoms with Crippen LogP contribution < -0.4 is 11.1 Å². The van der Waals surface area contributed by atoms with Crippen molar-refractivity contribution < 1.29 is 13.9 Å². The average molecular weight is 240 g/mol. The monoisotopic (exact) mass is 240 g/mol. The fourth-order valence-corrected chi connectivity index (χ4v) is 1.32. The van der Waals surface area contributed by atoms with Crippen molar-refractivity contribution >= 4 is 5.91 Å². The minimum absolute atomic E-state index is 0.0569. The summed E-state index contributed by atoms with van der Waals surface area (Å²) in [6.07, 6.45) is 3.66. The summed E-state index contributed by atoms with van der Waals surface area (Å²) in [5.41, 5.74) is 5.31. The Morgan fingerprint density at radius 3 is 3.06 bits per heavy atom. The van der Waals surface area contributed by atoms with E-state index in [0.29, 0.717) is 32.7 Å². The van der Waals surface area contributed by atoms with Gasteiger partial charge in [-0.3, -0.25) is 4.79 Å². The fourth-order valence-electron chi connectivity index (χ4n) is 1.32. The minimum atomic E-state index is 0.0569. The van der Waals surface area contributed by atoms with E-state index in [1.165, 1.54) is 0 Å². The van der Waals surface area contributed by atoms with Crippen molar-refractivity contribution in [1.29, 1.82) is 0 Å². The molecule has 0 bridgehead atoms. The number of rotatable bonds is 9. The highest BCUT2D eigenvalue weighted by Crippen LogP contribution is 2.01. The molecule has 0 spiro atoms. The third-order valence-electron chi connectivity index (χ3n) is 2.22. The van der Waals surface area contributed by atoms with E-state index in [1.54, 1.807) is 6.26 Å². The fraction of sp³-hybridized carbons (Fsp3) is 0.583. The van der Waals surface area contributed by atoms with Gasteiger partial charge in [-0.05, 0) is 31.5 Å². The van der Waals surface area contributed by atoms with Gasteiger partial charge in [0.05, 0.1) is 6.26 Å². The molecule has 96 valence electrons. The molecule has 1 amide bonds. The van der Waals surface area contributed by atoms with Gasteiger partial charge in [0, 0.05) is 19.6 Å². The Morgan fingerprint density at radius 1 is 1.47 bits per heavy atom. The number of carbonyl (C=O) groups is 1. The molecule has 5 heteroatoms. The van der Waals surface area contributed by atoms with E-state index in [2.05, 4.69) is 5.32 Å². The van der Waals surface area contributed by atoms with Gasteiger partial charge in [0.2, 0.25) is 5.91 Å². The van der Waals surface area contributed by atoms with Crippen LogP contribution in [0.4, 0.5) is 0 Å². The summed E-state index contributed by atoms with van der Waals surface area (Å²) in [7, 11) is 0. The first-order valence-corrected chi connectivity index (χ1v) is 5.90. The van der Waals surface area contributed by atoms with Crippen molar-refractivity contribution in [2.45, 2.75) is 25.9 Å². The molecule has 17 heavy (non-hydrogen) atoms. The lowest BCUT2D eigenvalue weighted by Crippen LogP contribution is -2.25. The highest BCUT2D eigenvalue weighted by atomic mass is 16.5. The molecule has 1 aromatic rings. The molecule has 0 aliphatic rings. The Kier molecular flexibility index (Phi) is 7.09. The molecule has 3 N–H and O–H groups in total. The number of furan rings is 1. The van der Waals surface area contributed by atoms with Gasteiger partial charge >= 0.3 is 0 Å². The summed E-state index contributed by atoms with van der Waals surface area (Å²) < 4.78 is 10.5. The summed E-state index contributed by atoms with van der Waals surface area (Å²) in [5, 5.41) is 2.81. The lowest BCUT2D eigenvalue weighted by molar-refractivity contribution is -0.121. The molecular weight excluding hydrogens is 220 g/mol. The molecule has 0 saturated heterocycles. The molecule has 5 nitrogen and oxygen atoms in total. The summed E-state index contributed by atoms with van der Waals surface area (Å²) in [6, 6.07) is 3.70. The highest BCUT2D eigenvalue weighted by molar-refractivity contribution is 5.75. The van der Waals surface area contributed by atoms with Crippen molar-refractivity contribution in [2.75, 3.05) is 19.7 Å². The third kappa shape index (κ3) is 6.76. The van der Waals surface area contributed by atoms with Crippen LogP contribution in [0.15, 0.2) is 22.8 Å². The van der Waals surface area contributed by atoms with E-state index >= 15 is 0 Å². The average Bonchev–Trinajstić information content (AvgIpc) is 2.84. The summed E-state index contributed by atoms with van der Waals surface area (Å²) in [6.45, 7) is 2.28. The Bertz CT molecular complexity index is 299. The Morgan fingerprint density at radius 2 is 2.35 bits per heavy atom. The maximum Gasteiger partial charge on any atom is 0.220 e. The van der Waals surface area contributed by atoms with Crippen molar-refractivity contribution in [1.82, 2.24) is 5.32 Å². The predicted molar refractivity (Wildman–Crippen MR) is 64.3 cm³/mol. The molecular formula is C12H20N2O3. The van der Waals surface area contributed by atoms with Crippen LogP contribution in [0.2, 0.25) is 0 Å². The molecule has 0 atom stereocenters. The van der Waals surface area contributed by atoms with Crippen LogP contribution in [0.25, 0.3) is 0 Å². The minimum Gasteiger partial charge on any atom is -0.467 e. The van der Waals surface area contributed by atoms with Gasteiger partial charge in [-0.2, -0.15) is 0 Å². The Balaban J connectivity index is 1.89. The molecule has 0 fully saturated rings. The summed E-state index contributed by atoms with van der Waals surface area (Å²) in [5.74, 6) is 0.874. The summed E-state index contributed by atoms with van der Waals surface area (Å²) in [4.78, 5) is 11.2. The summed E-state index contributed by atoms with van der Waals surface area (Å²) >= 11 is 0. The second kappa shape index (κ2) is 8.78. The van der Waals surface area contributed by atoms with Gasteiger partial charge in [0.15, 0.2) is 0 Å². The van der Waals surface area contributed by atoms with Crippen molar-refractivity contribution in [3.05, 3.63) is 24.2 Å². The topological polar surface area (TPSA) is 77.5 Å². The molecule has 0 unspecified atom stereocenters. The zero-order valence-electron chi connectivity index (χ0n) is 9.98. The molecule has 0 aliphatic heterocycles. The smallest absolute Gasteiger partial charge is 0.220 e. The van der Waals surface area contributed by atoms with Crippen molar-refractivity contribution in [2.24, 2.45) is 5.73 Å². The van der Waals surface area contributed by atoms with Crippen LogP contribution in [-0.2, 0) is 16.1 Å². The van der Waals surface area contributed by atoms with Gasteiger partial charge in [-0.15, -0.1) is 0 Å². The van der Waals surface area contributed by atoms with E-state index in [0.717, 1.165) is 18.6 Å². The lowest BCUT2D eigenvalue weighted by Gasteiger charge is -2.05. The lowest BCUT2D eigenvalue weighted by atomic mass is 10.3. The number of nitrogens with two attached hydrogens (primary N) is 1. The van der Waals surface area contributed by atoms with E-state index in [1.807, 2.05) is 12.1 Å². The highest BCUT2D eigenvalue weighted by Gasteiger charge is 1.99. The zero-order chi connectivity index (χ0) is 12.3. The molecule has 1 heterocycles. The normalized spacial score (nSPS) is 10.4. The largest absolute Gasteiger partial charge is 0.467 e. The number of amides is 1. The number of carbonyl (C=O) groups excluding carboxylic acids is 1. The van der Waals surface area contributed by atoms with E-state index in [9.17, 15) is 4.79 Å². The Labute approximate surface area is 101 Å². The third-order valence-corrected chi connectivity index (χ3v) is 2.22. The van der Waals surface area contributed by atoms with Crippen LogP contribution in [0.5, 0.6) is 0 Å². The quantitative estimate of drug-likeness (QED) is 0.632. The van der Waals surface area contributed by atoms with Gasteiger partial charge in [-0.25, -0.2) is 0 Å². The number of hydrogen-bond donors (Lipinski definition) is 2. The first-order valence-electron chi connectivity index (χ1n) is 5.90. The van der Waals surface area contributed by atoms with Crippen LogP contribution in [0.3, 0.4) is 0 Å². The second-order valence-corrected chi connectivity index (χ2v) is 3.73. The second-order valence-electron chi connectivity index (χ2n) is 3.73. The van der Waals surface area contributed by atoms with Crippen molar-refractivity contribution in [3.8, 4) is 0 Å². The van der Waals surface area contributed by atoms with Crippen molar-refractivity contribution in [3.63, 3.8) is 0 Å². The van der Waals surface area contributed by atoms with E-state index in [-0.39, 0.29) is 5.91 Å². The van der Waals surface area contributed by atoms with Gasteiger partial charge < -0.3 is 20.2 Å². The first kappa shape index (κ1) is 13.7. The molecule has 0 aromatic carbocycles.